The van der Waals surface area contributed by atoms with E-state index in [1.54, 1.807) is 6.07 Å². The molecular formula is C13H17ClN4O2. The Morgan fingerprint density at radius 3 is 3.00 bits per heavy atom. The summed E-state index contributed by atoms with van der Waals surface area (Å²) in [6, 6.07) is 3.14. The summed E-state index contributed by atoms with van der Waals surface area (Å²) in [6.45, 7) is 3.10. The van der Waals surface area contributed by atoms with Crippen molar-refractivity contribution in [3.63, 3.8) is 0 Å². The van der Waals surface area contributed by atoms with Crippen LogP contribution in [0.1, 0.15) is 30.1 Å². The normalized spacial score (nSPS) is 18.3. The maximum Gasteiger partial charge on any atom is 0.251 e. The Balaban J connectivity index is 2.03. The summed E-state index contributed by atoms with van der Waals surface area (Å²) >= 11 is 5.90. The van der Waals surface area contributed by atoms with E-state index >= 15 is 0 Å². The summed E-state index contributed by atoms with van der Waals surface area (Å²) in [5, 5.41) is 8.90. The first-order chi connectivity index (χ1) is 9.58. The van der Waals surface area contributed by atoms with Crippen molar-refractivity contribution in [2.45, 2.75) is 25.8 Å². The van der Waals surface area contributed by atoms with Gasteiger partial charge in [-0.05, 0) is 25.5 Å². The first-order valence-corrected chi connectivity index (χ1v) is 6.95. The Hall–Kier alpha value is -1.82. The lowest BCUT2D eigenvalue weighted by Gasteiger charge is -2.23. The average molecular weight is 297 g/mol. The number of anilines is 1. The lowest BCUT2D eigenvalue weighted by molar-refractivity contribution is -0.122. The molecule has 108 valence electrons. The summed E-state index contributed by atoms with van der Waals surface area (Å²) in [4.78, 5) is 27.3. The van der Waals surface area contributed by atoms with Gasteiger partial charge in [-0.15, -0.1) is 0 Å². The smallest absolute Gasteiger partial charge is 0.251 e. The highest BCUT2D eigenvalue weighted by atomic mass is 35.5. The fourth-order valence-corrected chi connectivity index (χ4v) is 2.23. The first-order valence-electron chi connectivity index (χ1n) is 6.57. The second kappa shape index (κ2) is 6.56. The van der Waals surface area contributed by atoms with Crippen molar-refractivity contribution in [2.24, 2.45) is 0 Å². The van der Waals surface area contributed by atoms with Crippen LogP contribution in [0.4, 0.5) is 5.82 Å². The fourth-order valence-electron chi connectivity index (χ4n) is 2.02. The van der Waals surface area contributed by atoms with Crippen LogP contribution in [0.5, 0.6) is 0 Å². The molecule has 1 aliphatic rings. The molecule has 0 saturated carbocycles. The molecule has 1 aromatic heterocycles. The van der Waals surface area contributed by atoms with Gasteiger partial charge < -0.3 is 16.0 Å². The van der Waals surface area contributed by atoms with Gasteiger partial charge in [-0.25, -0.2) is 4.98 Å². The molecular weight excluding hydrogens is 280 g/mol. The summed E-state index contributed by atoms with van der Waals surface area (Å²) in [5.74, 6) is 0.383. The predicted octanol–water partition coefficient (Wildman–Crippen LogP) is 1.18. The van der Waals surface area contributed by atoms with Crippen molar-refractivity contribution in [3.8, 4) is 0 Å². The molecule has 2 rings (SSSR count). The number of hydrogen-bond donors (Lipinski definition) is 3. The van der Waals surface area contributed by atoms with E-state index in [-0.39, 0.29) is 23.0 Å². The molecule has 0 bridgehead atoms. The van der Waals surface area contributed by atoms with E-state index < -0.39 is 0 Å². The van der Waals surface area contributed by atoms with Gasteiger partial charge in [0.05, 0.1) is 0 Å². The van der Waals surface area contributed by atoms with Crippen LogP contribution in [-0.2, 0) is 4.79 Å². The Labute approximate surface area is 122 Å². The third-order valence-corrected chi connectivity index (χ3v) is 3.21. The summed E-state index contributed by atoms with van der Waals surface area (Å²) in [6.07, 6.45) is 1.08. The number of amides is 2. The number of carbonyl (C=O) groups is 2. The molecule has 7 heteroatoms. The van der Waals surface area contributed by atoms with Crippen molar-refractivity contribution >= 4 is 29.2 Å². The number of nitrogens with zero attached hydrogens (tertiary/aromatic N) is 1. The van der Waals surface area contributed by atoms with E-state index in [0.29, 0.717) is 37.3 Å². The van der Waals surface area contributed by atoms with Crippen molar-refractivity contribution in [1.29, 1.82) is 0 Å². The van der Waals surface area contributed by atoms with Gasteiger partial charge in [0.1, 0.15) is 11.0 Å². The van der Waals surface area contributed by atoms with Gasteiger partial charge in [0.25, 0.3) is 5.91 Å². The molecule has 6 nitrogen and oxygen atoms in total. The lowest BCUT2D eigenvalue weighted by Crippen LogP contribution is -2.47. The third-order valence-electron chi connectivity index (χ3n) is 3.01. The van der Waals surface area contributed by atoms with Gasteiger partial charge in [-0.2, -0.15) is 0 Å². The van der Waals surface area contributed by atoms with Crippen LogP contribution in [0.2, 0.25) is 5.15 Å². The molecule has 0 aliphatic carbocycles. The van der Waals surface area contributed by atoms with E-state index in [1.807, 2.05) is 6.92 Å². The minimum Gasteiger partial charge on any atom is -0.370 e. The number of rotatable bonds is 4. The quantitative estimate of drug-likeness (QED) is 0.729. The molecule has 0 radical (unpaired) electrons. The lowest BCUT2D eigenvalue weighted by atomic mass is 10.1. The van der Waals surface area contributed by atoms with Crippen LogP contribution in [0.15, 0.2) is 12.1 Å². The largest absolute Gasteiger partial charge is 0.370 e. The summed E-state index contributed by atoms with van der Waals surface area (Å²) in [7, 11) is 0. The molecule has 2 heterocycles. The third kappa shape index (κ3) is 3.84. The van der Waals surface area contributed by atoms with Crippen molar-refractivity contribution in [1.82, 2.24) is 15.6 Å². The van der Waals surface area contributed by atoms with Crippen LogP contribution in [0, 0.1) is 0 Å². The predicted molar refractivity (Wildman–Crippen MR) is 76.9 cm³/mol. The minimum absolute atomic E-state index is 0.0249. The van der Waals surface area contributed by atoms with Crippen LogP contribution < -0.4 is 16.0 Å². The summed E-state index contributed by atoms with van der Waals surface area (Å²) < 4.78 is 0. The van der Waals surface area contributed by atoms with Crippen molar-refractivity contribution in [3.05, 3.63) is 22.8 Å². The van der Waals surface area contributed by atoms with Gasteiger partial charge in [0, 0.05) is 31.1 Å². The molecule has 2 amide bonds. The van der Waals surface area contributed by atoms with Gasteiger partial charge >= 0.3 is 0 Å². The zero-order chi connectivity index (χ0) is 14.5. The highest BCUT2D eigenvalue weighted by Crippen LogP contribution is 2.15. The zero-order valence-electron chi connectivity index (χ0n) is 11.2. The molecule has 1 aromatic rings. The van der Waals surface area contributed by atoms with E-state index in [2.05, 4.69) is 20.9 Å². The van der Waals surface area contributed by atoms with Crippen molar-refractivity contribution in [2.75, 3.05) is 18.4 Å². The standard InChI is InChI=1S/C13H17ClN4O2/c1-2-15-11-6-8(5-10(14)18-11)13(20)17-9-3-4-12(19)16-7-9/h5-6,9H,2-4,7H2,1H3,(H,15,18)(H,16,19)(H,17,20). The molecule has 1 unspecified atom stereocenters. The number of nitrogens with one attached hydrogen (secondary N) is 3. The molecule has 3 N–H and O–H groups in total. The highest BCUT2D eigenvalue weighted by Gasteiger charge is 2.20. The Morgan fingerprint density at radius 1 is 1.55 bits per heavy atom. The second-order valence-electron chi connectivity index (χ2n) is 4.61. The topological polar surface area (TPSA) is 83.1 Å². The minimum atomic E-state index is -0.213. The molecule has 1 aliphatic heterocycles. The van der Waals surface area contributed by atoms with Crippen LogP contribution in [-0.4, -0.2) is 35.9 Å². The maximum atomic E-state index is 12.2. The molecule has 1 atom stereocenters. The average Bonchev–Trinajstić information content (AvgIpc) is 2.41. The van der Waals surface area contributed by atoms with Crippen molar-refractivity contribution < 1.29 is 9.59 Å². The SMILES string of the molecule is CCNc1cc(C(=O)NC2CCC(=O)NC2)cc(Cl)n1. The number of piperidine rings is 1. The van der Waals surface area contributed by atoms with Gasteiger partial charge in [-0.3, -0.25) is 9.59 Å². The molecule has 20 heavy (non-hydrogen) atoms. The number of halogens is 1. The van der Waals surface area contributed by atoms with Gasteiger partial charge in [0.2, 0.25) is 5.91 Å². The molecule has 1 fully saturated rings. The Kier molecular flexibility index (Phi) is 4.79. The number of carbonyl (C=O) groups excluding carboxylic acids is 2. The van der Waals surface area contributed by atoms with Gasteiger partial charge in [0.15, 0.2) is 0 Å². The zero-order valence-corrected chi connectivity index (χ0v) is 12.0. The van der Waals surface area contributed by atoms with E-state index in [0.717, 1.165) is 0 Å². The van der Waals surface area contributed by atoms with Crippen LogP contribution in [0.3, 0.4) is 0 Å². The molecule has 0 spiro atoms. The number of hydrogen-bond acceptors (Lipinski definition) is 4. The van der Waals surface area contributed by atoms with E-state index in [4.69, 9.17) is 11.6 Å². The number of aromatic nitrogens is 1. The van der Waals surface area contributed by atoms with Gasteiger partial charge in [-0.1, -0.05) is 11.6 Å². The highest BCUT2D eigenvalue weighted by molar-refractivity contribution is 6.29. The molecule has 1 saturated heterocycles. The fraction of sp³-hybridized carbons (Fsp3) is 0.462. The Bertz CT molecular complexity index is 511. The monoisotopic (exact) mass is 296 g/mol. The van der Waals surface area contributed by atoms with E-state index in [1.165, 1.54) is 6.07 Å². The number of pyridine rings is 1. The van der Waals surface area contributed by atoms with Crippen LogP contribution >= 0.6 is 11.6 Å². The van der Waals surface area contributed by atoms with E-state index in [9.17, 15) is 9.59 Å². The first kappa shape index (κ1) is 14.6. The second-order valence-corrected chi connectivity index (χ2v) is 4.99. The van der Waals surface area contributed by atoms with Crippen LogP contribution in [0.25, 0.3) is 0 Å². The maximum absolute atomic E-state index is 12.2. The molecule has 0 aromatic carbocycles. The summed E-state index contributed by atoms with van der Waals surface area (Å²) in [5.41, 5.74) is 0.456. The Morgan fingerprint density at radius 2 is 2.35 bits per heavy atom.